The van der Waals surface area contributed by atoms with Crippen molar-refractivity contribution in [3.63, 3.8) is 0 Å². The van der Waals surface area contributed by atoms with Crippen LogP contribution >= 0.6 is 0 Å². The Morgan fingerprint density at radius 3 is 2.00 bits per heavy atom. The number of nitrogens with zero attached hydrogens (tertiary/aromatic N) is 1. The van der Waals surface area contributed by atoms with Gasteiger partial charge in [-0.3, -0.25) is 4.79 Å². The molecule has 0 saturated carbocycles. The van der Waals surface area contributed by atoms with E-state index in [2.05, 4.69) is 38.1 Å². The van der Waals surface area contributed by atoms with Crippen LogP contribution in [0.2, 0.25) is 0 Å². The first-order valence-electron chi connectivity index (χ1n) is 7.37. The van der Waals surface area contributed by atoms with Gasteiger partial charge in [-0.05, 0) is 41.3 Å². The topological polar surface area (TPSA) is 20.3 Å². The zero-order valence-electron chi connectivity index (χ0n) is 13.3. The molecule has 0 amide bonds. The van der Waals surface area contributed by atoms with E-state index in [1.54, 1.807) is 0 Å². The first-order chi connectivity index (χ1) is 9.97. The molecule has 2 rings (SSSR count). The molecule has 2 heteroatoms. The number of carbonyl (C=O) groups excluding carboxylic acids is 1. The lowest BCUT2D eigenvalue weighted by atomic mass is 9.98. The van der Waals surface area contributed by atoms with E-state index < -0.39 is 0 Å². The van der Waals surface area contributed by atoms with Crippen LogP contribution in [-0.4, -0.2) is 19.9 Å². The summed E-state index contributed by atoms with van der Waals surface area (Å²) in [7, 11) is 3.99. The molecule has 0 radical (unpaired) electrons. The Kier molecular flexibility index (Phi) is 4.79. The third-order valence-electron chi connectivity index (χ3n) is 3.72. The Labute approximate surface area is 127 Å². The highest BCUT2D eigenvalue weighted by atomic mass is 16.1. The Balaban J connectivity index is 2.06. The summed E-state index contributed by atoms with van der Waals surface area (Å²) in [6, 6.07) is 16.1. The summed E-state index contributed by atoms with van der Waals surface area (Å²) in [4.78, 5) is 14.3. The van der Waals surface area contributed by atoms with Crippen LogP contribution < -0.4 is 4.90 Å². The van der Waals surface area contributed by atoms with Gasteiger partial charge in [0.2, 0.25) is 0 Å². The van der Waals surface area contributed by atoms with E-state index in [9.17, 15) is 4.79 Å². The standard InChI is InChI=1S/C19H23NO/c1-14(2)16-7-5-15(6-8-16)13-19(21)17-9-11-18(12-10-17)20(3)4/h5-12,14H,13H2,1-4H3. The number of Topliss-reactive ketones (excluding diaryl/α,β-unsaturated/α-hetero) is 1. The molecule has 0 heterocycles. The summed E-state index contributed by atoms with van der Waals surface area (Å²) in [5, 5.41) is 0. The van der Waals surface area contributed by atoms with Gasteiger partial charge in [-0.15, -0.1) is 0 Å². The van der Waals surface area contributed by atoms with E-state index in [0.717, 1.165) is 16.8 Å². The lowest BCUT2D eigenvalue weighted by molar-refractivity contribution is 0.0993. The first kappa shape index (κ1) is 15.3. The molecule has 0 aliphatic carbocycles. The Bertz CT molecular complexity index is 594. The van der Waals surface area contributed by atoms with Crippen molar-refractivity contribution in [2.45, 2.75) is 26.2 Å². The van der Waals surface area contributed by atoms with E-state index in [0.29, 0.717) is 12.3 Å². The summed E-state index contributed by atoms with van der Waals surface area (Å²) in [5.41, 5.74) is 4.25. The maximum atomic E-state index is 12.3. The molecule has 0 aliphatic heterocycles. The number of benzene rings is 2. The molecular formula is C19H23NO. The van der Waals surface area contributed by atoms with Gasteiger partial charge in [0.05, 0.1) is 0 Å². The Morgan fingerprint density at radius 2 is 1.52 bits per heavy atom. The molecule has 0 fully saturated rings. The molecule has 2 aromatic rings. The number of ketones is 1. The lowest BCUT2D eigenvalue weighted by Gasteiger charge is -2.12. The molecule has 2 nitrogen and oxygen atoms in total. The fraction of sp³-hybridized carbons (Fsp3) is 0.316. The smallest absolute Gasteiger partial charge is 0.167 e. The predicted octanol–water partition coefficient (Wildman–Crippen LogP) is 4.30. The average molecular weight is 281 g/mol. The van der Waals surface area contributed by atoms with Gasteiger partial charge >= 0.3 is 0 Å². The molecule has 0 aromatic heterocycles. The molecule has 0 unspecified atom stereocenters. The quantitative estimate of drug-likeness (QED) is 0.761. The first-order valence-corrected chi connectivity index (χ1v) is 7.37. The van der Waals surface area contributed by atoms with Crippen LogP contribution in [0.15, 0.2) is 48.5 Å². The minimum Gasteiger partial charge on any atom is -0.378 e. The van der Waals surface area contributed by atoms with E-state index >= 15 is 0 Å². The van der Waals surface area contributed by atoms with Crippen LogP contribution in [-0.2, 0) is 6.42 Å². The Hall–Kier alpha value is -2.09. The normalized spacial score (nSPS) is 10.7. The van der Waals surface area contributed by atoms with Gasteiger partial charge in [0.1, 0.15) is 0 Å². The van der Waals surface area contributed by atoms with Crippen molar-refractivity contribution in [2.75, 3.05) is 19.0 Å². The third-order valence-corrected chi connectivity index (χ3v) is 3.72. The van der Waals surface area contributed by atoms with Crippen molar-refractivity contribution in [1.82, 2.24) is 0 Å². The van der Waals surface area contributed by atoms with Gasteiger partial charge in [0, 0.05) is 31.8 Å². The van der Waals surface area contributed by atoms with Gasteiger partial charge in [-0.25, -0.2) is 0 Å². The second kappa shape index (κ2) is 6.57. The van der Waals surface area contributed by atoms with Gasteiger partial charge in [-0.1, -0.05) is 38.1 Å². The number of hydrogen-bond donors (Lipinski definition) is 0. The van der Waals surface area contributed by atoms with E-state index in [1.807, 2.05) is 43.3 Å². The van der Waals surface area contributed by atoms with Crippen LogP contribution in [0.3, 0.4) is 0 Å². The van der Waals surface area contributed by atoms with Gasteiger partial charge in [0.25, 0.3) is 0 Å². The van der Waals surface area contributed by atoms with Crippen LogP contribution in [0.25, 0.3) is 0 Å². The summed E-state index contributed by atoms with van der Waals surface area (Å²) >= 11 is 0. The molecule has 0 atom stereocenters. The maximum absolute atomic E-state index is 12.3. The molecule has 0 bridgehead atoms. The SMILES string of the molecule is CC(C)c1ccc(CC(=O)c2ccc(N(C)C)cc2)cc1. The van der Waals surface area contributed by atoms with E-state index in [-0.39, 0.29) is 5.78 Å². The van der Waals surface area contributed by atoms with Crippen LogP contribution in [0.1, 0.15) is 41.3 Å². The summed E-state index contributed by atoms with van der Waals surface area (Å²) in [6.07, 6.45) is 0.458. The van der Waals surface area contributed by atoms with Crippen molar-refractivity contribution < 1.29 is 4.79 Å². The molecule has 0 saturated heterocycles. The molecular weight excluding hydrogens is 258 g/mol. The highest BCUT2D eigenvalue weighted by Crippen LogP contribution is 2.17. The monoisotopic (exact) mass is 281 g/mol. The summed E-state index contributed by atoms with van der Waals surface area (Å²) in [5.74, 6) is 0.686. The minimum atomic E-state index is 0.164. The van der Waals surface area contributed by atoms with Crippen molar-refractivity contribution in [2.24, 2.45) is 0 Å². The van der Waals surface area contributed by atoms with Crippen molar-refractivity contribution in [1.29, 1.82) is 0 Å². The number of carbonyl (C=O) groups is 1. The van der Waals surface area contributed by atoms with Gasteiger partial charge in [-0.2, -0.15) is 0 Å². The van der Waals surface area contributed by atoms with Crippen molar-refractivity contribution >= 4 is 11.5 Å². The van der Waals surface area contributed by atoms with Gasteiger partial charge in [0.15, 0.2) is 5.78 Å². The largest absolute Gasteiger partial charge is 0.378 e. The zero-order valence-corrected chi connectivity index (χ0v) is 13.3. The van der Waals surface area contributed by atoms with E-state index in [4.69, 9.17) is 0 Å². The average Bonchev–Trinajstić information content (AvgIpc) is 2.47. The number of anilines is 1. The molecule has 0 spiro atoms. The fourth-order valence-electron chi connectivity index (χ4n) is 2.25. The highest BCUT2D eigenvalue weighted by Gasteiger charge is 2.08. The number of rotatable bonds is 5. The number of hydrogen-bond acceptors (Lipinski definition) is 2. The van der Waals surface area contributed by atoms with Crippen molar-refractivity contribution in [3.8, 4) is 0 Å². The second-order valence-electron chi connectivity index (χ2n) is 5.94. The second-order valence-corrected chi connectivity index (χ2v) is 5.94. The molecule has 0 aliphatic rings. The third kappa shape index (κ3) is 3.94. The molecule has 2 aromatic carbocycles. The van der Waals surface area contributed by atoms with Crippen LogP contribution in [0, 0.1) is 0 Å². The van der Waals surface area contributed by atoms with E-state index in [1.165, 1.54) is 5.56 Å². The summed E-state index contributed by atoms with van der Waals surface area (Å²) < 4.78 is 0. The fourth-order valence-corrected chi connectivity index (χ4v) is 2.25. The van der Waals surface area contributed by atoms with Crippen LogP contribution in [0.4, 0.5) is 5.69 Å². The molecule has 0 N–H and O–H groups in total. The van der Waals surface area contributed by atoms with Crippen LogP contribution in [0.5, 0.6) is 0 Å². The molecule has 110 valence electrons. The highest BCUT2D eigenvalue weighted by molar-refractivity contribution is 5.97. The van der Waals surface area contributed by atoms with Gasteiger partial charge < -0.3 is 4.90 Å². The maximum Gasteiger partial charge on any atom is 0.167 e. The predicted molar refractivity (Wildman–Crippen MR) is 89.3 cm³/mol. The zero-order chi connectivity index (χ0) is 15.4. The summed E-state index contributed by atoms with van der Waals surface area (Å²) in [6.45, 7) is 4.35. The molecule has 21 heavy (non-hydrogen) atoms. The minimum absolute atomic E-state index is 0.164. The Morgan fingerprint density at radius 1 is 0.952 bits per heavy atom. The van der Waals surface area contributed by atoms with Crippen molar-refractivity contribution in [3.05, 3.63) is 65.2 Å². The lowest BCUT2D eigenvalue weighted by Crippen LogP contribution is -2.09.